The van der Waals surface area contributed by atoms with Gasteiger partial charge in [0.05, 0.1) is 5.71 Å². The van der Waals surface area contributed by atoms with E-state index in [1.165, 1.54) is 0 Å². The van der Waals surface area contributed by atoms with E-state index < -0.39 is 0 Å². The molecule has 0 radical (unpaired) electrons. The van der Waals surface area contributed by atoms with Crippen LogP contribution in [0, 0.1) is 0 Å². The molecule has 0 heterocycles. The van der Waals surface area contributed by atoms with Crippen molar-refractivity contribution >= 4 is 11.6 Å². The zero-order chi connectivity index (χ0) is 19.1. The minimum atomic E-state index is -0.288. The van der Waals surface area contributed by atoms with Gasteiger partial charge in [0.2, 0.25) is 0 Å². The summed E-state index contributed by atoms with van der Waals surface area (Å²) in [4.78, 5) is 12.2. The number of amides is 1. The predicted molar refractivity (Wildman–Crippen MR) is 105 cm³/mol. The quantitative estimate of drug-likeness (QED) is 0.513. The summed E-state index contributed by atoms with van der Waals surface area (Å²) < 4.78 is 5.69. The fraction of sp³-hybridized carbons (Fsp3) is 0.0909. The summed E-state index contributed by atoms with van der Waals surface area (Å²) in [6, 6.07) is 23.4. The third-order valence-electron chi connectivity index (χ3n) is 3.98. The van der Waals surface area contributed by atoms with Gasteiger partial charge in [0, 0.05) is 5.56 Å². The maximum atomic E-state index is 12.2. The van der Waals surface area contributed by atoms with Gasteiger partial charge in [-0.25, -0.2) is 5.43 Å². The molecule has 2 N–H and O–H groups in total. The summed E-state index contributed by atoms with van der Waals surface area (Å²) >= 11 is 0. The smallest absolute Gasteiger partial charge is 0.271 e. The van der Waals surface area contributed by atoms with Crippen LogP contribution in [0.5, 0.6) is 11.5 Å². The molecular formula is C22H20N2O3. The maximum Gasteiger partial charge on any atom is 0.271 e. The average molecular weight is 360 g/mol. The summed E-state index contributed by atoms with van der Waals surface area (Å²) in [6.45, 7) is 2.22. The van der Waals surface area contributed by atoms with Crippen molar-refractivity contribution in [2.24, 2.45) is 5.10 Å². The van der Waals surface area contributed by atoms with Crippen LogP contribution < -0.4 is 10.2 Å². The molecule has 5 heteroatoms. The van der Waals surface area contributed by atoms with E-state index in [4.69, 9.17) is 4.74 Å². The molecule has 0 saturated carbocycles. The van der Waals surface area contributed by atoms with E-state index in [9.17, 15) is 9.90 Å². The molecule has 0 atom stereocenters. The Labute approximate surface area is 157 Å². The Balaban J connectivity index is 1.57. The number of benzene rings is 3. The van der Waals surface area contributed by atoms with Crippen LogP contribution in [0.25, 0.3) is 0 Å². The summed E-state index contributed by atoms with van der Waals surface area (Å²) in [6.07, 6.45) is 0. The van der Waals surface area contributed by atoms with Gasteiger partial charge in [-0.05, 0) is 66.6 Å². The lowest BCUT2D eigenvalue weighted by atomic mass is 10.1. The maximum absolute atomic E-state index is 12.2. The fourth-order valence-corrected chi connectivity index (χ4v) is 2.40. The van der Waals surface area contributed by atoms with Crippen LogP contribution in [-0.2, 0) is 6.61 Å². The second kappa shape index (κ2) is 8.67. The van der Waals surface area contributed by atoms with Gasteiger partial charge in [-0.1, -0.05) is 30.3 Å². The fourth-order valence-electron chi connectivity index (χ4n) is 2.40. The number of hydrazone groups is 1. The van der Waals surface area contributed by atoms with Crippen LogP contribution in [0.15, 0.2) is 84.0 Å². The highest BCUT2D eigenvalue weighted by molar-refractivity contribution is 6.00. The van der Waals surface area contributed by atoms with Gasteiger partial charge in [-0.2, -0.15) is 5.10 Å². The number of phenolic OH excluding ortho intramolecular Hbond substituents is 1. The van der Waals surface area contributed by atoms with Crippen molar-refractivity contribution in [3.05, 3.63) is 95.6 Å². The SMILES string of the molecule is C/C(=N\NC(=O)c1ccc(COc2ccccc2)cc1)c1ccc(O)cc1. The molecule has 1 amide bonds. The van der Waals surface area contributed by atoms with Crippen LogP contribution >= 0.6 is 0 Å². The van der Waals surface area contributed by atoms with Gasteiger partial charge in [0.1, 0.15) is 18.1 Å². The summed E-state index contributed by atoms with van der Waals surface area (Å²) in [5.41, 5.74) is 5.50. The molecule has 0 aliphatic rings. The van der Waals surface area contributed by atoms with E-state index in [1.807, 2.05) is 42.5 Å². The Morgan fingerprint density at radius 1 is 0.926 bits per heavy atom. The van der Waals surface area contributed by atoms with Crippen molar-refractivity contribution in [1.82, 2.24) is 5.43 Å². The minimum absolute atomic E-state index is 0.187. The van der Waals surface area contributed by atoms with E-state index in [0.29, 0.717) is 17.9 Å². The largest absolute Gasteiger partial charge is 0.508 e. The highest BCUT2D eigenvalue weighted by atomic mass is 16.5. The first-order valence-electron chi connectivity index (χ1n) is 8.52. The Morgan fingerprint density at radius 3 is 2.22 bits per heavy atom. The number of nitrogens with one attached hydrogen (secondary N) is 1. The van der Waals surface area contributed by atoms with Crippen molar-refractivity contribution in [2.45, 2.75) is 13.5 Å². The third-order valence-corrected chi connectivity index (χ3v) is 3.98. The van der Waals surface area contributed by atoms with Crippen molar-refractivity contribution in [2.75, 3.05) is 0 Å². The Hall–Kier alpha value is -3.60. The van der Waals surface area contributed by atoms with E-state index in [0.717, 1.165) is 16.9 Å². The molecule has 0 aliphatic heterocycles. The first-order chi connectivity index (χ1) is 13.1. The molecule has 5 nitrogen and oxygen atoms in total. The number of phenols is 1. The van der Waals surface area contributed by atoms with E-state index in [2.05, 4.69) is 10.5 Å². The number of hydrogen-bond donors (Lipinski definition) is 2. The van der Waals surface area contributed by atoms with Gasteiger partial charge in [0.15, 0.2) is 0 Å². The van der Waals surface area contributed by atoms with E-state index >= 15 is 0 Å². The standard InChI is InChI=1S/C22H20N2O3/c1-16(18-11-13-20(25)14-12-18)23-24-22(26)19-9-7-17(8-10-19)15-27-21-5-3-2-4-6-21/h2-14,25H,15H2,1H3,(H,24,26)/b23-16+. The zero-order valence-electron chi connectivity index (χ0n) is 14.9. The highest BCUT2D eigenvalue weighted by Crippen LogP contribution is 2.13. The lowest BCUT2D eigenvalue weighted by molar-refractivity contribution is 0.0954. The summed E-state index contributed by atoms with van der Waals surface area (Å²) in [5, 5.41) is 13.4. The molecule has 3 rings (SSSR count). The molecule has 3 aromatic rings. The van der Waals surface area contributed by atoms with Crippen molar-refractivity contribution in [1.29, 1.82) is 0 Å². The lowest BCUT2D eigenvalue weighted by Crippen LogP contribution is -2.19. The number of rotatable bonds is 6. The minimum Gasteiger partial charge on any atom is -0.508 e. The zero-order valence-corrected chi connectivity index (χ0v) is 14.9. The number of nitrogens with zero attached hydrogens (tertiary/aromatic N) is 1. The van der Waals surface area contributed by atoms with Gasteiger partial charge in [-0.15, -0.1) is 0 Å². The summed E-state index contributed by atoms with van der Waals surface area (Å²) in [5.74, 6) is 0.703. The molecule has 0 saturated heterocycles. The molecular weight excluding hydrogens is 340 g/mol. The topological polar surface area (TPSA) is 70.9 Å². The van der Waals surface area contributed by atoms with E-state index in [-0.39, 0.29) is 11.7 Å². The Morgan fingerprint density at radius 2 is 1.56 bits per heavy atom. The molecule has 0 unspecified atom stereocenters. The monoisotopic (exact) mass is 360 g/mol. The molecule has 0 spiro atoms. The van der Waals surface area contributed by atoms with Crippen LogP contribution in [0.3, 0.4) is 0 Å². The van der Waals surface area contributed by atoms with E-state index in [1.54, 1.807) is 43.3 Å². The third kappa shape index (κ3) is 5.19. The number of hydrogen-bond acceptors (Lipinski definition) is 4. The number of ether oxygens (including phenoxy) is 1. The summed E-state index contributed by atoms with van der Waals surface area (Å²) in [7, 11) is 0. The van der Waals surface area contributed by atoms with Crippen LogP contribution in [0.4, 0.5) is 0 Å². The molecule has 27 heavy (non-hydrogen) atoms. The number of aromatic hydroxyl groups is 1. The molecule has 136 valence electrons. The first-order valence-corrected chi connectivity index (χ1v) is 8.52. The number of para-hydroxylation sites is 1. The predicted octanol–water partition coefficient (Wildman–Crippen LogP) is 4.13. The van der Waals surface area contributed by atoms with Crippen molar-refractivity contribution in [3.63, 3.8) is 0 Å². The highest BCUT2D eigenvalue weighted by Gasteiger charge is 2.06. The molecule has 0 aromatic heterocycles. The second-order valence-corrected chi connectivity index (χ2v) is 5.98. The molecule has 0 aliphatic carbocycles. The molecule has 3 aromatic carbocycles. The Bertz CT molecular complexity index is 918. The van der Waals surface area contributed by atoms with Gasteiger partial charge >= 0.3 is 0 Å². The van der Waals surface area contributed by atoms with Crippen LogP contribution in [-0.4, -0.2) is 16.7 Å². The first kappa shape index (κ1) is 18.2. The molecule has 0 fully saturated rings. The normalized spacial score (nSPS) is 11.1. The lowest BCUT2D eigenvalue weighted by Gasteiger charge is -2.07. The number of carbonyl (C=O) groups excluding carboxylic acids is 1. The number of carbonyl (C=O) groups is 1. The van der Waals surface area contributed by atoms with Gasteiger partial charge in [-0.3, -0.25) is 4.79 Å². The second-order valence-electron chi connectivity index (χ2n) is 5.98. The van der Waals surface area contributed by atoms with Crippen LogP contribution in [0.2, 0.25) is 0 Å². The van der Waals surface area contributed by atoms with Gasteiger partial charge < -0.3 is 9.84 Å². The Kier molecular flexibility index (Phi) is 5.84. The van der Waals surface area contributed by atoms with Gasteiger partial charge in [0.25, 0.3) is 5.91 Å². The van der Waals surface area contributed by atoms with Crippen LogP contribution in [0.1, 0.15) is 28.4 Å². The molecule has 0 bridgehead atoms. The average Bonchev–Trinajstić information content (AvgIpc) is 2.72. The van der Waals surface area contributed by atoms with Crippen molar-refractivity contribution < 1.29 is 14.6 Å². The van der Waals surface area contributed by atoms with Crippen molar-refractivity contribution in [3.8, 4) is 11.5 Å².